The molecule has 28 heavy (non-hydrogen) atoms. The van der Waals surface area contributed by atoms with Crippen LogP contribution in [0.4, 0.5) is 17.1 Å². The number of nitrogens with one attached hydrogen (secondary N) is 2. The van der Waals surface area contributed by atoms with Crippen molar-refractivity contribution in [2.24, 2.45) is 0 Å². The van der Waals surface area contributed by atoms with Gasteiger partial charge in [0.1, 0.15) is 6.04 Å². The molecule has 1 heterocycles. The molecular weight excluding hydrogens is 360 g/mol. The minimum absolute atomic E-state index is 0.0159. The lowest BCUT2D eigenvalue weighted by molar-refractivity contribution is -0.384. The molecule has 0 bridgehead atoms. The van der Waals surface area contributed by atoms with Crippen LogP contribution in [0.3, 0.4) is 0 Å². The van der Waals surface area contributed by atoms with Gasteiger partial charge in [-0.05, 0) is 23.6 Å². The normalized spacial score (nSPS) is 16.6. The van der Waals surface area contributed by atoms with Crippen LogP contribution < -0.4 is 15.8 Å². The van der Waals surface area contributed by atoms with Crippen molar-refractivity contribution >= 4 is 39.6 Å². The van der Waals surface area contributed by atoms with E-state index in [0.29, 0.717) is 11.4 Å². The van der Waals surface area contributed by atoms with Crippen molar-refractivity contribution in [1.82, 2.24) is 5.43 Å². The average molecular weight is 376 g/mol. The molecule has 0 radical (unpaired) electrons. The van der Waals surface area contributed by atoms with Gasteiger partial charge in [-0.1, -0.05) is 36.4 Å². The van der Waals surface area contributed by atoms with E-state index in [0.717, 1.165) is 10.8 Å². The molecule has 1 atom stereocenters. The lowest BCUT2D eigenvalue weighted by atomic mass is 10.1. The molecule has 8 nitrogen and oxygen atoms in total. The number of hydrazine groups is 1. The Morgan fingerprint density at radius 3 is 2.43 bits per heavy atom. The van der Waals surface area contributed by atoms with Gasteiger partial charge in [0.2, 0.25) is 5.91 Å². The van der Waals surface area contributed by atoms with E-state index in [1.165, 1.54) is 29.2 Å². The van der Waals surface area contributed by atoms with Gasteiger partial charge in [0.25, 0.3) is 11.6 Å². The van der Waals surface area contributed by atoms with Crippen LogP contribution in [-0.4, -0.2) is 22.8 Å². The molecule has 1 aliphatic rings. The topological polar surface area (TPSA) is 105 Å². The number of nitro groups is 1. The highest BCUT2D eigenvalue weighted by atomic mass is 16.6. The zero-order valence-electron chi connectivity index (χ0n) is 14.7. The fourth-order valence-electron chi connectivity index (χ4n) is 3.24. The molecule has 1 saturated heterocycles. The summed E-state index contributed by atoms with van der Waals surface area (Å²) in [6, 6.07) is 18.1. The number of amides is 2. The van der Waals surface area contributed by atoms with Gasteiger partial charge in [0, 0.05) is 23.2 Å². The largest absolute Gasteiger partial charge is 0.321 e. The molecule has 0 aromatic heterocycles. The second-order valence-corrected chi connectivity index (χ2v) is 6.40. The summed E-state index contributed by atoms with van der Waals surface area (Å²) >= 11 is 0. The van der Waals surface area contributed by atoms with E-state index >= 15 is 0 Å². The highest BCUT2D eigenvalue weighted by molar-refractivity contribution is 6.25. The molecule has 3 aromatic carbocycles. The van der Waals surface area contributed by atoms with Gasteiger partial charge in [-0.15, -0.1) is 0 Å². The number of non-ortho nitro benzene ring substituents is 1. The summed E-state index contributed by atoms with van der Waals surface area (Å²) in [6.45, 7) is 0. The molecule has 0 spiro atoms. The molecular formula is C20H16N4O4. The van der Waals surface area contributed by atoms with Crippen molar-refractivity contribution in [3.63, 3.8) is 0 Å². The number of carbonyl (C=O) groups excluding carboxylic acids is 2. The number of anilines is 2. The first-order valence-corrected chi connectivity index (χ1v) is 8.65. The van der Waals surface area contributed by atoms with E-state index in [2.05, 4.69) is 10.9 Å². The molecule has 4 rings (SSSR count). The second kappa shape index (κ2) is 7.09. The number of imide groups is 1. The molecule has 0 unspecified atom stereocenters. The second-order valence-electron chi connectivity index (χ2n) is 6.40. The van der Waals surface area contributed by atoms with E-state index < -0.39 is 11.0 Å². The standard InChI is InChI=1S/C20H16N4O4/c25-19-12-17(22-21-14-8-10-15(11-9-14)24(27)28)20(26)23(19)18-7-3-5-13-4-1-2-6-16(13)18/h1-11,17,21-22H,12H2/t17-/m0/s1. The van der Waals surface area contributed by atoms with E-state index in [4.69, 9.17) is 0 Å². The van der Waals surface area contributed by atoms with Gasteiger partial charge in [-0.2, -0.15) is 0 Å². The third-order valence-corrected chi connectivity index (χ3v) is 4.62. The summed E-state index contributed by atoms with van der Waals surface area (Å²) in [4.78, 5) is 36.8. The number of benzene rings is 3. The maximum Gasteiger partial charge on any atom is 0.269 e. The fraction of sp³-hybridized carbons (Fsp3) is 0.100. The minimum atomic E-state index is -0.735. The minimum Gasteiger partial charge on any atom is -0.321 e. The fourth-order valence-corrected chi connectivity index (χ4v) is 3.24. The lowest BCUT2D eigenvalue weighted by Gasteiger charge is -2.18. The van der Waals surface area contributed by atoms with Crippen LogP contribution in [0.5, 0.6) is 0 Å². The number of fused-ring (bicyclic) bond motifs is 1. The third-order valence-electron chi connectivity index (χ3n) is 4.62. The quantitative estimate of drug-likeness (QED) is 0.403. The van der Waals surface area contributed by atoms with Gasteiger partial charge in [0.05, 0.1) is 17.0 Å². The summed E-state index contributed by atoms with van der Waals surface area (Å²) < 4.78 is 0. The zero-order chi connectivity index (χ0) is 19.7. The monoisotopic (exact) mass is 376 g/mol. The van der Waals surface area contributed by atoms with Crippen LogP contribution in [0.2, 0.25) is 0 Å². The number of nitrogens with zero attached hydrogens (tertiary/aromatic N) is 2. The van der Waals surface area contributed by atoms with E-state index in [9.17, 15) is 19.7 Å². The zero-order valence-corrected chi connectivity index (χ0v) is 14.7. The van der Waals surface area contributed by atoms with Crippen LogP contribution in [0, 0.1) is 10.1 Å². The Kier molecular flexibility index (Phi) is 4.46. The molecule has 2 amide bonds. The van der Waals surface area contributed by atoms with Crippen molar-refractivity contribution in [1.29, 1.82) is 0 Å². The van der Waals surface area contributed by atoms with Gasteiger partial charge in [-0.25, -0.2) is 10.3 Å². The van der Waals surface area contributed by atoms with Crippen LogP contribution in [-0.2, 0) is 9.59 Å². The Hall–Kier alpha value is -3.78. The van der Waals surface area contributed by atoms with Crippen molar-refractivity contribution in [2.45, 2.75) is 12.5 Å². The van der Waals surface area contributed by atoms with Gasteiger partial charge >= 0.3 is 0 Å². The van der Waals surface area contributed by atoms with E-state index in [1.54, 1.807) is 6.07 Å². The van der Waals surface area contributed by atoms with Crippen molar-refractivity contribution < 1.29 is 14.5 Å². The lowest BCUT2D eigenvalue weighted by Crippen LogP contribution is -2.41. The average Bonchev–Trinajstić information content (AvgIpc) is 2.99. The predicted molar refractivity (Wildman–Crippen MR) is 105 cm³/mol. The van der Waals surface area contributed by atoms with E-state index in [1.807, 2.05) is 36.4 Å². The van der Waals surface area contributed by atoms with Crippen molar-refractivity contribution in [3.05, 3.63) is 76.8 Å². The van der Waals surface area contributed by atoms with Gasteiger partial charge < -0.3 is 5.43 Å². The smallest absolute Gasteiger partial charge is 0.269 e. The Balaban J connectivity index is 1.52. The maximum absolute atomic E-state index is 12.8. The van der Waals surface area contributed by atoms with Crippen molar-refractivity contribution in [3.8, 4) is 0 Å². The summed E-state index contributed by atoms with van der Waals surface area (Å²) in [5.41, 5.74) is 6.77. The molecule has 2 N–H and O–H groups in total. The molecule has 3 aromatic rings. The van der Waals surface area contributed by atoms with E-state index in [-0.39, 0.29) is 23.9 Å². The van der Waals surface area contributed by atoms with Gasteiger partial charge in [0.15, 0.2) is 0 Å². The first kappa shape index (κ1) is 17.6. The number of carbonyl (C=O) groups is 2. The SMILES string of the molecule is O=C1C[C@H](NNc2ccc([N+](=O)[O-])cc2)C(=O)N1c1cccc2ccccc12. The molecule has 140 valence electrons. The Morgan fingerprint density at radius 2 is 1.68 bits per heavy atom. The Morgan fingerprint density at radius 1 is 0.964 bits per heavy atom. The van der Waals surface area contributed by atoms with Crippen LogP contribution in [0.15, 0.2) is 66.7 Å². The number of rotatable bonds is 5. The third kappa shape index (κ3) is 3.17. The summed E-state index contributed by atoms with van der Waals surface area (Å²) in [7, 11) is 0. The van der Waals surface area contributed by atoms with Crippen LogP contribution >= 0.6 is 0 Å². The number of hydrogen-bond acceptors (Lipinski definition) is 6. The Labute approximate surface area is 159 Å². The maximum atomic E-state index is 12.8. The van der Waals surface area contributed by atoms with Gasteiger partial charge in [-0.3, -0.25) is 19.7 Å². The summed E-state index contributed by atoms with van der Waals surface area (Å²) in [6.07, 6.45) is 0.0159. The summed E-state index contributed by atoms with van der Waals surface area (Å²) in [5.74, 6) is -0.639. The number of hydrogen-bond donors (Lipinski definition) is 2. The predicted octanol–water partition coefficient (Wildman–Crippen LogP) is 3.00. The molecule has 0 aliphatic carbocycles. The molecule has 1 fully saturated rings. The highest BCUT2D eigenvalue weighted by Gasteiger charge is 2.40. The first-order chi connectivity index (χ1) is 13.5. The van der Waals surface area contributed by atoms with Crippen LogP contribution in [0.25, 0.3) is 10.8 Å². The summed E-state index contributed by atoms with van der Waals surface area (Å²) in [5, 5.41) is 12.5. The molecule has 1 aliphatic heterocycles. The number of nitro benzene ring substituents is 1. The Bertz CT molecular complexity index is 1080. The first-order valence-electron chi connectivity index (χ1n) is 8.65. The highest BCUT2D eigenvalue weighted by Crippen LogP contribution is 2.30. The molecule has 0 saturated carbocycles. The molecule has 8 heteroatoms. The van der Waals surface area contributed by atoms with Crippen molar-refractivity contribution in [2.75, 3.05) is 10.3 Å². The van der Waals surface area contributed by atoms with Crippen LogP contribution in [0.1, 0.15) is 6.42 Å².